The van der Waals surface area contributed by atoms with Gasteiger partial charge in [0.25, 0.3) is 0 Å². The van der Waals surface area contributed by atoms with Gasteiger partial charge in [-0.25, -0.2) is 4.98 Å². The second-order valence-electron chi connectivity index (χ2n) is 6.93. The molecule has 1 aliphatic heterocycles. The van der Waals surface area contributed by atoms with Crippen molar-refractivity contribution in [3.8, 4) is 0 Å². The van der Waals surface area contributed by atoms with Crippen LogP contribution >= 0.6 is 11.6 Å². The number of rotatable bonds is 3. The number of hydrogen-bond donors (Lipinski definition) is 5. The number of aliphatic hydroxyl groups is 3. The molecule has 1 aromatic carbocycles. The van der Waals surface area contributed by atoms with E-state index in [4.69, 9.17) is 21.5 Å². The minimum atomic E-state index is -1.74. The first kappa shape index (κ1) is 18.9. The quantitative estimate of drug-likeness (QED) is 0.326. The molecule has 0 saturated carbocycles. The van der Waals surface area contributed by atoms with E-state index in [0.717, 1.165) is 0 Å². The van der Waals surface area contributed by atoms with Gasteiger partial charge in [-0.15, -0.1) is 0 Å². The summed E-state index contributed by atoms with van der Waals surface area (Å²) in [5, 5.41) is 45.6. The highest BCUT2D eigenvalue weighted by Crippen LogP contribution is 2.43. The Morgan fingerprint density at radius 3 is 2.71 bits per heavy atom. The lowest BCUT2D eigenvalue weighted by Crippen LogP contribution is -2.47. The van der Waals surface area contributed by atoms with Crippen LogP contribution in [0.1, 0.15) is 24.8 Å². The fourth-order valence-electron chi connectivity index (χ4n) is 3.56. The first-order valence-corrected chi connectivity index (χ1v) is 8.94. The van der Waals surface area contributed by atoms with Crippen molar-refractivity contribution in [1.82, 2.24) is 14.5 Å². The van der Waals surface area contributed by atoms with Crippen LogP contribution < -0.4 is 5.49 Å². The average molecular weight is 407 g/mol. The summed E-state index contributed by atoms with van der Waals surface area (Å²) >= 11 is 5.89. The van der Waals surface area contributed by atoms with Gasteiger partial charge in [0, 0.05) is 11.2 Å². The molecule has 0 radical (unpaired) electrons. The molecule has 1 aliphatic rings. The van der Waals surface area contributed by atoms with Gasteiger partial charge in [-0.2, -0.15) is 0 Å². The van der Waals surface area contributed by atoms with Crippen LogP contribution in [0.15, 0.2) is 48.0 Å². The summed E-state index contributed by atoms with van der Waals surface area (Å²) in [5.74, 6) is 0. The third-order valence-electron chi connectivity index (χ3n) is 5.14. The van der Waals surface area contributed by atoms with Crippen LogP contribution in [0.2, 0.25) is 5.02 Å². The molecule has 0 unspecified atom stereocenters. The fraction of sp³-hybridized carbons (Fsp3) is 0.333. The Kier molecular flexibility index (Phi) is 4.64. The molecule has 0 spiro atoms. The highest BCUT2D eigenvalue weighted by atomic mass is 35.5. The van der Waals surface area contributed by atoms with Gasteiger partial charge in [-0.3, -0.25) is 0 Å². The average Bonchev–Trinajstić information content (AvgIpc) is 3.21. The second-order valence-corrected chi connectivity index (χ2v) is 7.36. The van der Waals surface area contributed by atoms with Crippen LogP contribution in [-0.2, 0) is 4.74 Å². The van der Waals surface area contributed by atoms with Crippen molar-refractivity contribution in [1.29, 1.82) is 0 Å². The summed E-state index contributed by atoms with van der Waals surface area (Å²) in [6.45, 7) is 1.41. The monoisotopic (exact) mass is 406 g/mol. The molecule has 1 fully saturated rings. The van der Waals surface area contributed by atoms with Gasteiger partial charge < -0.3 is 34.8 Å². The molecule has 148 valence electrons. The van der Waals surface area contributed by atoms with Crippen molar-refractivity contribution in [3.63, 3.8) is 0 Å². The number of halogens is 1. The van der Waals surface area contributed by atoms with Gasteiger partial charge in [0.2, 0.25) is 5.49 Å². The molecule has 0 amide bonds. The lowest BCUT2D eigenvalue weighted by molar-refractivity contribution is -0.115. The van der Waals surface area contributed by atoms with Gasteiger partial charge in [0.15, 0.2) is 6.23 Å². The molecule has 5 N–H and O–H groups in total. The molecule has 4 rings (SSSR count). The summed E-state index contributed by atoms with van der Waals surface area (Å²) in [4.78, 5) is 6.83. The zero-order valence-electron chi connectivity index (χ0n) is 14.8. The molecule has 3 aromatic rings. The zero-order chi connectivity index (χ0) is 20.1. The number of aromatic amines is 1. The second kappa shape index (κ2) is 6.87. The van der Waals surface area contributed by atoms with Gasteiger partial charge in [-0.05, 0) is 30.7 Å². The van der Waals surface area contributed by atoms with Gasteiger partial charge in [-0.1, -0.05) is 28.9 Å². The molecular weight excluding hydrogens is 388 g/mol. The highest BCUT2D eigenvalue weighted by molar-refractivity contribution is 6.30. The smallest absolute Gasteiger partial charge is 0.203 e. The van der Waals surface area contributed by atoms with E-state index in [1.165, 1.54) is 13.3 Å². The Morgan fingerprint density at radius 1 is 1.32 bits per heavy atom. The summed E-state index contributed by atoms with van der Waals surface area (Å²) < 4.78 is 7.46. The maximum absolute atomic E-state index is 10.9. The van der Waals surface area contributed by atoms with Crippen molar-refractivity contribution in [2.24, 2.45) is 5.16 Å². The van der Waals surface area contributed by atoms with Gasteiger partial charge in [0.05, 0.1) is 11.7 Å². The van der Waals surface area contributed by atoms with Crippen LogP contribution in [0, 0.1) is 0 Å². The fourth-order valence-corrected chi connectivity index (χ4v) is 3.69. The third-order valence-corrected chi connectivity index (χ3v) is 5.39. The number of hydrogen-bond acceptors (Lipinski definition) is 7. The largest absolute Gasteiger partial charge is 0.409 e. The topological polar surface area (TPSA) is 136 Å². The van der Waals surface area contributed by atoms with Crippen LogP contribution in [0.3, 0.4) is 0 Å². The Morgan fingerprint density at radius 2 is 2.04 bits per heavy atom. The van der Waals surface area contributed by atoms with Crippen LogP contribution in [0.5, 0.6) is 0 Å². The molecule has 9 nitrogen and oxygen atoms in total. The predicted octanol–water partition coefficient (Wildman–Crippen LogP) is 1.05. The SMILES string of the molecule is C[C@@]1(O)[C@@H]([C@H](O)c2ccc(Cl)cc2)O[C@@H](n2ccc3/c(=N/O)nc[nH]c32)[C@@H]1O. The van der Waals surface area contributed by atoms with E-state index >= 15 is 0 Å². The Balaban J connectivity index is 1.72. The van der Waals surface area contributed by atoms with Crippen molar-refractivity contribution in [2.75, 3.05) is 0 Å². The maximum Gasteiger partial charge on any atom is 0.203 e. The summed E-state index contributed by atoms with van der Waals surface area (Å²) in [5.41, 5.74) is -0.664. The summed E-state index contributed by atoms with van der Waals surface area (Å²) in [6.07, 6.45) is -1.68. The number of ether oxygens (including phenoxy) is 1. The Labute approximate surface area is 164 Å². The number of aromatic nitrogens is 3. The third kappa shape index (κ3) is 2.88. The molecule has 0 bridgehead atoms. The molecule has 2 aromatic heterocycles. The number of fused-ring (bicyclic) bond motifs is 1. The highest BCUT2D eigenvalue weighted by Gasteiger charge is 2.55. The Hall–Kier alpha value is -2.43. The molecule has 1 saturated heterocycles. The Bertz CT molecular complexity index is 1060. The van der Waals surface area contributed by atoms with E-state index in [-0.39, 0.29) is 5.49 Å². The number of benzene rings is 1. The van der Waals surface area contributed by atoms with Crippen molar-refractivity contribution >= 4 is 22.6 Å². The van der Waals surface area contributed by atoms with Crippen LogP contribution in [0.25, 0.3) is 11.0 Å². The minimum Gasteiger partial charge on any atom is -0.409 e. The number of nitrogens with one attached hydrogen (secondary N) is 1. The molecule has 10 heteroatoms. The number of nitrogens with zero attached hydrogens (tertiary/aromatic N) is 3. The summed E-state index contributed by atoms with van der Waals surface area (Å²) in [7, 11) is 0. The zero-order valence-corrected chi connectivity index (χ0v) is 15.5. The van der Waals surface area contributed by atoms with Gasteiger partial charge >= 0.3 is 0 Å². The molecule has 5 atom stereocenters. The normalized spacial score (nSPS) is 29.5. The molecule has 3 heterocycles. The number of aliphatic hydroxyl groups excluding tert-OH is 2. The van der Waals surface area contributed by atoms with E-state index in [9.17, 15) is 15.3 Å². The van der Waals surface area contributed by atoms with E-state index in [1.807, 2.05) is 0 Å². The maximum atomic E-state index is 10.9. The lowest BCUT2D eigenvalue weighted by Gasteiger charge is -2.29. The van der Waals surface area contributed by atoms with E-state index < -0.39 is 30.1 Å². The van der Waals surface area contributed by atoms with Crippen molar-refractivity contribution < 1.29 is 25.3 Å². The van der Waals surface area contributed by atoms with Crippen molar-refractivity contribution in [3.05, 3.63) is 58.9 Å². The summed E-state index contributed by atoms with van der Waals surface area (Å²) in [6, 6.07) is 8.15. The molecule has 28 heavy (non-hydrogen) atoms. The number of H-pyrrole nitrogens is 1. The van der Waals surface area contributed by atoms with E-state index in [1.54, 1.807) is 41.1 Å². The minimum absolute atomic E-state index is 0.101. The van der Waals surface area contributed by atoms with E-state index in [0.29, 0.717) is 21.6 Å². The predicted molar refractivity (Wildman–Crippen MR) is 98.4 cm³/mol. The van der Waals surface area contributed by atoms with Crippen LogP contribution in [-0.4, -0.2) is 52.9 Å². The molecule has 0 aliphatic carbocycles. The first-order valence-electron chi connectivity index (χ1n) is 8.56. The lowest BCUT2D eigenvalue weighted by atomic mass is 9.88. The standard InChI is InChI=1S/C18H19ClN4O5/c1-18(26)13(25)17(23-7-6-11-15(22-27)20-8-21-16(11)23)28-14(18)12(24)9-2-4-10(19)5-3-9/h2-8,12-14,17,24-27H,1H3,(H,20,21,22)/t12-,13+,14-,17-,18+/m1/s1. The van der Waals surface area contributed by atoms with Gasteiger partial charge in [0.1, 0.15) is 29.6 Å². The van der Waals surface area contributed by atoms with E-state index in [2.05, 4.69) is 15.1 Å². The first-order chi connectivity index (χ1) is 13.3. The van der Waals surface area contributed by atoms with Crippen molar-refractivity contribution in [2.45, 2.75) is 37.1 Å². The molecular formula is C18H19ClN4O5. The van der Waals surface area contributed by atoms with Crippen LogP contribution in [0.4, 0.5) is 0 Å².